The minimum Gasteiger partial charge on any atom is -0.482 e. The van der Waals surface area contributed by atoms with Gasteiger partial charge >= 0.3 is 0 Å². The van der Waals surface area contributed by atoms with Crippen LogP contribution in [0.15, 0.2) is 41.3 Å². The first kappa shape index (κ1) is 15.6. The highest BCUT2D eigenvalue weighted by atomic mass is 35.5. The van der Waals surface area contributed by atoms with Crippen molar-refractivity contribution in [2.45, 2.75) is 4.90 Å². The average Bonchev–Trinajstić information content (AvgIpc) is 2.49. The largest absolute Gasteiger partial charge is 0.482 e. The molecule has 0 saturated heterocycles. The molecule has 2 aromatic carbocycles. The molecule has 0 bridgehead atoms. The van der Waals surface area contributed by atoms with E-state index in [0.717, 1.165) is 6.07 Å². The molecule has 2 aromatic rings. The number of halogens is 2. The lowest BCUT2D eigenvalue weighted by Gasteiger charge is -2.18. The number of nitrogens with one attached hydrogen (secondary N) is 2. The molecule has 0 radical (unpaired) electrons. The van der Waals surface area contributed by atoms with Gasteiger partial charge in [-0.05, 0) is 36.4 Å². The van der Waals surface area contributed by atoms with Crippen molar-refractivity contribution in [3.63, 3.8) is 0 Å². The van der Waals surface area contributed by atoms with E-state index in [-0.39, 0.29) is 33.8 Å². The lowest BCUT2D eigenvalue weighted by atomic mass is 10.2. The molecule has 1 heterocycles. The predicted molar refractivity (Wildman–Crippen MR) is 82.8 cm³/mol. The standard InChI is InChI=1S/C14H10ClFN2O4S/c15-8-1-3-11(10(16)5-8)18-23(20,21)9-2-4-13-12(6-9)17-14(19)7-22-13/h1-6,18H,7H2,(H,17,19). The lowest BCUT2D eigenvalue weighted by Crippen LogP contribution is -2.25. The zero-order chi connectivity index (χ0) is 16.6. The first-order valence-electron chi connectivity index (χ1n) is 6.40. The van der Waals surface area contributed by atoms with E-state index in [0.29, 0.717) is 5.75 Å². The van der Waals surface area contributed by atoms with Gasteiger partial charge in [-0.2, -0.15) is 0 Å². The summed E-state index contributed by atoms with van der Waals surface area (Å²) in [5.74, 6) is -0.819. The van der Waals surface area contributed by atoms with Gasteiger partial charge in [0.05, 0.1) is 16.3 Å². The molecule has 120 valence electrons. The van der Waals surface area contributed by atoms with Gasteiger partial charge in [-0.1, -0.05) is 11.6 Å². The number of fused-ring (bicyclic) bond motifs is 1. The number of hydrogen-bond donors (Lipinski definition) is 2. The number of hydrogen-bond acceptors (Lipinski definition) is 4. The fourth-order valence-corrected chi connectivity index (χ4v) is 3.26. The van der Waals surface area contributed by atoms with E-state index < -0.39 is 15.8 Å². The molecule has 0 saturated carbocycles. The minimum atomic E-state index is -4.04. The summed E-state index contributed by atoms with van der Waals surface area (Å²) >= 11 is 5.63. The number of rotatable bonds is 3. The number of anilines is 2. The van der Waals surface area contributed by atoms with Gasteiger partial charge in [0.15, 0.2) is 6.61 Å². The van der Waals surface area contributed by atoms with Crippen LogP contribution in [0.2, 0.25) is 5.02 Å². The molecule has 1 aliphatic rings. The van der Waals surface area contributed by atoms with Crippen LogP contribution in [0, 0.1) is 5.82 Å². The van der Waals surface area contributed by atoms with E-state index >= 15 is 0 Å². The van der Waals surface area contributed by atoms with Crippen LogP contribution in [0.1, 0.15) is 0 Å². The van der Waals surface area contributed by atoms with Gasteiger partial charge in [-0.25, -0.2) is 12.8 Å². The summed E-state index contributed by atoms with van der Waals surface area (Å²) in [7, 11) is -4.04. The molecule has 6 nitrogen and oxygen atoms in total. The summed E-state index contributed by atoms with van der Waals surface area (Å²) in [5, 5.41) is 2.66. The summed E-state index contributed by atoms with van der Waals surface area (Å²) in [6.07, 6.45) is 0. The third-order valence-electron chi connectivity index (χ3n) is 3.07. The summed E-state index contributed by atoms with van der Waals surface area (Å²) in [6.45, 7) is -0.132. The monoisotopic (exact) mass is 356 g/mol. The molecule has 0 aromatic heterocycles. The maximum absolute atomic E-state index is 13.7. The molecule has 9 heteroatoms. The average molecular weight is 357 g/mol. The van der Waals surface area contributed by atoms with E-state index in [1.165, 1.54) is 30.3 Å². The van der Waals surface area contributed by atoms with Gasteiger partial charge in [0, 0.05) is 5.02 Å². The van der Waals surface area contributed by atoms with E-state index in [1.54, 1.807) is 0 Å². The van der Waals surface area contributed by atoms with Crippen molar-refractivity contribution in [1.82, 2.24) is 0 Å². The number of carbonyl (C=O) groups excluding carboxylic acids is 1. The van der Waals surface area contributed by atoms with Gasteiger partial charge in [0.1, 0.15) is 11.6 Å². The number of sulfonamides is 1. The van der Waals surface area contributed by atoms with Crippen LogP contribution in [0.3, 0.4) is 0 Å². The fraction of sp³-hybridized carbons (Fsp3) is 0.0714. The van der Waals surface area contributed by atoms with Crippen molar-refractivity contribution < 1.29 is 22.3 Å². The smallest absolute Gasteiger partial charge is 0.262 e. The van der Waals surface area contributed by atoms with Crippen LogP contribution >= 0.6 is 11.6 Å². The Morgan fingerprint density at radius 3 is 2.74 bits per heavy atom. The topological polar surface area (TPSA) is 84.5 Å². The van der Waals surface area contributed by atoms with Crippen LogP contribution < -0.4 is 14.8 Å². The Bertz CT molecular complexity index is 902. The van der Waals surface area contributed by atoms with E-state index in [9.17, 15) is 17.6 Å². The van der Waals surface area contributed by atoms with E-state index in [1.807, 2.05) is 0 Å². The predicted octanol–water partition coefficient (Wildman–Crippen LogP) is 2.61. The SMILES string of the molecule is O=C1COc2ccc(S(=O)(=O)Nc3ccc(Cl)cc3F)cc2N1. The van der Waals surface area contributed by atoms with Crippen LogP contribution in [0.5, 0.6) is 5.75 Å². The highest BCUT2D eigenvalue weighted by molar-refractivity contribution is 7.92. The molecular weight excluding hydrogens is 347 g/mol. The second kappa shape index (κ2) is 5.71. The van der Waals surface area contributed by atoms with Crippen molar-refractivity contribution >= 4 is 38.9 Å². The number of carbonyl (C=O) groups is 1. The Morgan fingerprint density at radius 2 is 2.00 bits per heavy atom. The van der Waals surface area contributed by atoms with Crippen molar-refractivity contribution in [2.24, 2.45) is 0 Å². The van der Waals surface area contributed by atoms with Crippen LogP contribution in [-0.4, -0.2) is 20.9 Å². The molecule has 2 N–H and O–H groups in total. The Kier molecular flexibility index (Phi) is 3.87. The van der Waals surface area contributed by atoms with Crippen molar-refractivity contribution in [1.29, 1.82) is 0 Å². The second-order valence-corrected chi connectivity index (χ2v) is 6.84. The second-order valence-electron chi connectivity index (χ2n) is 4.72. The normalized spacial score (nSPS) is 13.7. The van der Waals surface area contributed by atoms with E-state index in [2.05, 4.69) is 10.0 Å². The lowest BCUT2D eigenvalue weighted by molar-refractivity contribution is -0.118. The highest BCUT2D eigenvalue weighted by Crippen LogP contribution is 2.31. The van der Waals surface area contributed by atoms with Gasteiger partial charge < -0.3 is 10.1 Å². The summed E-state index contributed by atoms with van der Waals surface area (Å²) in [5.41, 5.74) is 0.00751. The fourth-order valence-electron chi connectivity index (χ4n) is 2.01. The molecule has 0 atom stereocenters. The number of ether oxygens (including phenoxy) is 1. The molecule has 3 rings (SSSR count). The summed E-state index contributed by atoms with van der Waals surface area (Å²) in [6, 6.07) is 7.54. The molecule has 0 aliphatic carbocycles. The Hall–Kier alpha value is -2.32. The molecule has 1 aliphatic heterocycles. The Labute approximate surface area is 136 Å². The first-order valence-corrected chi connectivity index (χ1v) is 8.26. The zero-order valence-corrected chi connectivity index (χ0v) is 13.0. The summed E-state index contributed by atoms with van der Waals surface area (Å²) < 4.78 is 45.7. The molecule has 0 fully saturated rings. The van der Waals surface area contributed by atoms with Crippen molar-refractivity contribution in [3.05, 3.63) is 47.2 Å². The maximum Gasteiger partial charge on any atom is 0.262 e. The van der Waals surface area contributed by atoms with Gasteiger partial charge in [0.2, 0.25) is 0 Å². The zero-order valence-electron chi connectivity index (χ0n) is 11.5. The van der Waals surface area contributed by atoms with Crippen LogP contribution in [0.25, 0.3) is 0 Å². The molecule has 0 unspecified atom stereocenters. The van der Waals surface area contributed by atoms with E-state index in [4.69, 9.17) is 16.3 Å². The number of benzene rings is 2. The molecule has 1 amide bonds. The molecule has 23 heavy (non-hydrogen) atoms. The van der Waals surface area contributed by atoms with Crippen molar-refractivity contribution in [2.75, 3.05) is 16.6 Å². The molecular formula is C14H10ClFN2O4S. The third-order valence-corrected chi connectivity index (χ3v) is 4.67. The van der Waals surface area contributed by atoms with Crippen molar-refractivity contribution in [3.8, 4) is 5.75 Å². The van der Waals surface area contributed by atoms with Gasteiger partial charge in [-0.15, -0.1) is 0 Å². The molecule has 0 spiro atoms. The Balaban J connectivity index is 1.93. The highest BCUT2D eigenvalue weighted by Gasteiger charge is 2.21. The Morgan fingerprint density at radius 1 is 1.22 bits per heavy atom. The third kappa shape index (κ3) is 3.22. The van der Waals surface area contributed by atoms with Crippen LogP contribution in [-0.2, 0) is 14.8 Å². The first-order chi connectivity index (χ1) is 10.8. The minimum absolute atomic E-state index is 0.132. The number of amides is 1. The van der Waals surface area contributed by atoms with Gasteiger partial charge in [-0.3, -0.25) is 9.52 Å². The quantitative estimate of drug-likeness (QED) is 0.885. The van der Waals surface area contributed by atoms with Crippen LogP contribution in [0.4, 0.5) is 15.8 Å². The maximum atomic E-state index is 13.7. The summed E-state index contributed by atoms with van der Waals surface area (Å²) in [4.78, 5) is 11.1. The van der Waals surface area contributed by atoms with Gasteiger partial charge in [0.25, 0.3) is 15.9 Å².